The van der Waals surface area contributed by atoms with E-state index in [1.54, 1.807) is 31.2 Å². The summed E-state index contributed by atoms with van der Waals surface area (Å²) in [4.78, 5) is 12.0. The first-order valence-corrected chi connectivity index (χ1v) is 9.55. The van der Waals surface area contributed by atoms with E-state index >= 15 is 0 Å². The molecule has 0 saturated heterocycles. The number of amides is 1. The Morgan fingerprint density at radius 1 is 1.12 bits per heavy atom. The number of rotatable bonds is 7. The van der Waals surface area contributed by atoms with Crippen molar-refractivity contribution in [1.82, 2.24) is 10.0 Å². The third kappa shape index (κ3) is 5.79. The molecule has 0 aromatic heterocycles. The Bertz CT molecular complexity index is 924. The van der Waals surface area contributed by atoms with Gasteiger partial charge in [0, 0.05) is 19.2 Å². The molecule has 7 heteroatoms. The number of aryl methyl sites for hydroxylation is 2. The lowest BCUT2D eigenvalue weighted by Crippen LogP contribution is -2.34. The van der Waals surface area contributed by atoms with Crippen LogP contribution in [-0.4, -0.2) is 27.4 Å². The molecule has 0 radical (unpaired) electrons. The predicted molar refractivity (Wildman–Crippen MR) is 99.5 cm³/mol. The lowest BCUT2D eigenvalue weighted by atomic mass is 10.2. The number of hydrogen-bond donors (Lipinski definition) is 2. The van der Waals surface area contributed by atoms with Crippen LogP contribution < -0.4 is 10.0 Å². The average molecular weight is 376 g/mol. The lowest BCUT2D eigenvalue weighted by molar-refractivity contribution is -0.116. The summed E-state index contributed by atoms with van der Waals surface area (Å²) in [7, 11) is -3.63. The molecule has 0 spiro atoms. The highest BCUT2D eigenvalue weighted by molar-refractivity contribution is 7.89. The van der Waals surface area contributed by atoms with Crippen molar-refractivity contribution in [2.24, 2.45) is 0 Å². The van der Waals surface area contributed by atoms with E-state index in [9.17, 15) is 17.6 Å². The number of hydrogen-bond acceptors (Lipinski definition) is 3. The van der Waals surface area contributed by atoms with Crippen LogP contribution in [-0.2, 0) is 14.8 Å². The minimum Gasteiger partial charge on any atom is -0.351 e. The highest BCUT2D eigenvalue weighted by Crippen LogP contribution is 2.16. The molecule has 1 amide bonds. The van der Waals surface area contributed by atoms with Crippen LogP contribution in [0.2, 0.25) is 0 Å². The molecule has 5 nitrogen and oxygen atoms in total. The highest BCUT2D eigenvalue weighted by atomic mass is 32.2. The summed E-state index contributed by atoms with van der Waals surface area (Å²) in [6.45, 7) is 3.75. The monoisotopic (exact) mass is 376 g/mol. The van der Waals surface area contributed by atoms with Gasteiger partial charge in [-0.25, -0.2) is 17.5 Å². The quantitative estimate of drug-likeness (QED) is 0.576. The molecule has 0 unspecified atom stereocenters. The van der Waals surface area contributed by atoms with Crippen molar-refractivity contribution in [1.29, 1.82) is 0 Å². The lowest BCUT2D eigenvalue weighted by Gasteiger charge is -2.10. The highest BCUT2D eigenvalue weighted by Gasteiger charge is 2.16. The average Bonchev–Trinajstić information content (AvgIpc) is 2.59. The van der Waals surface area contributed by atoms with Crippen molar-refractivity contribution in [2.75, 3.05) is 13.1 Å². The Balaban J connectivity index is 1.84. The zero-order valence-corrected chi connectivity index (χ0v) is 15.4. The van der Waals surface area contributed by atoms with Crippen LogP contribution in [0.5, 0.6) is 0 Å². The van der Waals surface area contributed by atoms with E-state index in [1.165, 1.54) is 24.3 Å². The van der Waals surface area contributed by atoms with E-state index in [2.05, 4.69) is 10.0 Å². The molecule has 26 heavy (non-hydrogen) atoms. The van der Waals surface area contributed by atoms with Crippen LogP contribution in [0.15, 0.2) is 53.4 Å². The Kier molecular flexibility index (Phi) is 6.65. The van der Waals surface area contributed by atoms with Gasteiger partial charge in [0.25, 0.3) is 0 Å². The van der Waals surface area contributed by atoms with Crippen molar-refractivity contribution in [2.45, 2.75) is 18.7 Å². The number of halogens is 1. The molecule has 2 rings (SSSR count). The predicted octanol–water partition coefficient (Wildman–Crippen LogP) is 2.55. The van der Waals surface area contributed by atoms with Gasteiger partial charge in [0.05, 0.1) is 4.90 Å². The summed E-state index contributed by atoms with van der Waals surface area (Å²) in [6.07, 6.45) is 2.76. The largest absolute Gasteiger partial charge is 0.351 e. The van der Waals surface area contributed by atoms with E-state index in [0.29, 0.717) is 11.1 Å². The van der Waals surface area contributed by atoms with E-state index in [-0.39, 0.29) is 29.7 Å². The van der Waals surface area contributed by atoms with Crippen LogP contribution in [0.3, 0.4) is 0 Å². The second-order valence-corrected chi connectivity index (χ2v) is 7.58. The van der Waals surface area contributed by atoms with Gasteiger partial charge in [-0.1, -0.05) is 24.3 Å². The molecule has 2 aromatic rings. The summed E-state index contributed by atoms with van der Waals surface area (Å²) >= 11 is 0. The van der Waals surface area contributed by atoms with Gasteiger partial charge in [-0.2, -0.15) is 0 Å². The molecule has 2 aromatic carbocycles. The molecular weight excluding hydrogens is 355 g/mol. The summed E-state index contributed by atoms with van der Waals surface area (Å²) in [5.74, 6) is -0.770. The van der Waals surface area contributed by atoms with Gasteiger partial charge >= 0.3 is 0 Å². The van der Waals surface area contributed by atoms with Crippen molar-refractivity contribution >= 4 is 22.0 Å². The van der Waals surface area contributed by atoms with E-state index < -0.39 is 10.0 Å². The molecular formula is C19H21FN2O3S. The van der Waals surface area contributed by atoms with Crippen LogP contribution in [0, 0.1) is 19.7 Å². The number of carbonyl (C=O) groups excluding carboxylic acids is 1. The van der Waals surface area contributed by atoms with Gasteiger partial charge in [0.2, 0.25) is 15.9 Å². The summed E-state index contributed by atoms with van der Waals surface area (Å²) in [6, 6.07) is 11.1. The van der Waals surface area contributed by atoms with Gasteiger partial charge in [-0.05, 0) is 54.8 Å². The maximum absolute atomic E-state index is 13.0. The Morgan fingerprint density at radius 2 is 1.88 bits per heavy atom. The van der Waals surface area contributed by atoms with E-state index in [1.807, 2.05) is 13.0 Å². The Morgan fingerprint density at radius 3 is 2.62 bits per heavy atom. The molecule has 0 aliphatic rings. The molecule has 0 fully saturated rings. The SMILES string of the molecule is Cc1ccc(C)c(S(=O)(=O)NCCNC(=O)/C=C/c2cccc(F)c2)c1. The first kappa shape index (κ1) is 19.8. The van der Waals surface area contributed by atoms with Crippen molar-refractivity contribution < 1.29 is 17.6 Å². The molecule has 0 saturated carbocycles. The fourth-order valence-electron chi connectivity index (χ4n) is 2.29. The van der Waals surface area contributed by atoms with Crippen LogP contribution in [0.25, 0.3) is 6.08 Å². The molecule has 0 aliphatic heterocycles. The molecule has 2 N–H and O–H groups in total. The molecule has 0 heterocycles. The normalized spacial score (nSPS) is 11.7. The molecule has 0 bridgehead atoms. The van der Waals surface area contributed by atoms with Gasteiger partial charge < -0.3 is 5.32 Å². The standard InChI is InChI=1S/C19H21FN2O3S/c1-14-6-7-15(2)18(12-14)26(24,25)22-11-10-21-19(23)9-8-16-4-3-5-17(20)13-16/h3-9,12-13,22H,10-11H2,1-2H3,(H,21,23)/b9-8+. The third-order valence-electron chi connectivity index (χ3n) is 3.63. The zero-order chi connectivity index (χ0) is 19.2. The summed E-state index contributed by atoms with van der Waals surface area (Å²) in [5.41, 5.74) is 2.08. The van der Waals surface area contributed by atoms with Gasteiger partial charge in [-0.3, -0.25) is 4.79 Å². The Labute approximate surface area is 153 Å². The van der Waals surface area contributed by atoms with Crippen LogP contribution in [0.4, 0.5) is 4.39 Å². The minimum atomic E-state index is -3.63. The van der Waals surface area contributed by atoms with E-state index in [0.717, 1.165) is 5.56 Å². The van der Waals surface area contributed by atoms with Gasteiger partial charge in [-0.15, -0.1) is 0 Å². The summed E-state index contributed by atoms with van der Waals surface area (Å²) in [5, 5.41) is 2.57. The smallest absolute Gasteiger partial charge is 0.244 e. The number of benzene rings is 2. The number of sulfonamides is 1. The van der Waals surface area contributed by atoms with Crippen molar-refractivity contribution in [3.05, 3.63) is 71.0 Å². The second-order valence-electron chi connectivity index (χ2n) is 5.85. The van der Waals surface area contributed by atoms with Crippen molar-refractivity contribution in [3.63, 3.8) is 0 Å². The molecule has 0 aliphatic carbocycles. The van der Waals surface area contributed by atoms with Gasteiger partial charge in [0.15, 0.2) is 0 Å². The third-order valence-corrected chi connectivity index (χ3v) is 5.23. The second kappa shape index (κ2) is 8.73. The topological polar surface area (TPSA) is 75.3 Å². The molecule has 0 atom stereocenters. The maximum Gasteiger partial charge on any atom is 0.244 e. The number of carbonyl (C=O) groups is 1. The maximum atomic E-state index is 13.0. The van der Waals surface area contributed by atoms with Gasteiger partial charge in [0.1, 0.15) is 5.82 Å². The zero-order valence-electron chi connectivity index (χ0n) is 14.6. The fourth-order valence-corrected chi connectivity index (χ4v) is 3.65. The van der Waals surface area contributed by atoms with E-state index in [4.69, 9.17) is 0 Å². The van der Waals surface area contributed by atoms with Crippen LogP contribution in [0.1, 0.15) is 16.7 Å². The number of nitrogens with one attached hydrogen (secondary N) is 2. The molecule has 138 valence electrons. The summed E-state index contributed by atoms with van der Waals surface area (Å²) < 4.78 is 40.1. The fraction of sp³-hybridized carbons (Fsp3) is 0.211. The van der Waals surface area contributed by atoms with Crippen molar-refractivity contribution in [3.8, 4) is 0 Å². The Hall–Kier alpha value is -2.51. The minimum absolute atomic E-state index is 0.0647. The first-order chi connectivity index (χ1) is 12.3. The van der Waals surface area contributed by atoms with Crippen LogP contribution >= 0.6 is 0 Å². The first-order valence-electron chi connectivity index (χ1n) is 8.06.